The van der Waals surface area contributed by atoms with E-state index in [9.17, 15) is 14.4 Å². The fraction of sp³-hybridized carbons (Fsp3) is 0.750. The summed E-state index contributed by atoms with van der Waals surface area (Å²) < 4.78 is 0. The first kappa shape index (κ1) is 18.0. The van der Waals surface area contributed by atoms with Gasteiger partial charge in [0.25, 0.3) is 0 Å². The fourth-order valence-corrected chi connectivity index (χ4v) is 1.50. The van der Waals surface area contributed by atoms with Gasteiger partial charge in [0.2, 0.25) is 0 Å². The molecule has 0 atom stereocenters. The molecule has 0 saturated heterocycles. The third kappa shape index (κ3) is 4.94. The Labute approximate surface area is 119 Å². The van der Waals surface area contributed by atoms with Crippen molar-refractivity contribution in [3.63, 3.8) is 0 Å². The Morgan fingerprint density at radius 2 is 1.50 bits per heavy atom. The molecule has 8 nitrogen and oxygen atoms in total. The molecule has 20 heavy (non-hydrogen) atoms. The predicted octanol–water partition coefficient (Wildman–Crippen LogP) is 0.152. The maximum absolute atomic E-state index is 11.9. The molecule has 3 N–H and O–H groups in total. The Balaban J connectivity index is 4.32. The maximum atomic E-state index is 11.9. The Hall–Kier alpha value is -1.99. The number of carboxylic acids is 1. The number of likely N-dealkylation sites (N-methyl/N-ethyl adjacent to an activating group) is 1. The molecule has 0 unspecified atom stereocenters. The molecule has 0 bridgehead atoms. The van der Waals surface area contributed by atoms with Crippen molar-refractivity contribution in [2.75, 3.05) is 33.7 Å². The molecular formula is C12H24N4O4. The van der Waals surface area contributed by atoms with E-state index in [-0.39, 0.29) is 25.7 Å². The van der Waals surface area contributed by atoms with Gasteiger partial charge in [-0.15, -0.1) is 0 Å². The molecule has 8 heteroatoms. The normalized spacial score (nSPS) is 10.7. The van der Waals surface area contributed by atoms with E-state index in [4.69, 9.17) is 5.11 Å². The van der Waals surface area contributed by atoms with E-state index in [0.717, 1.165) is 0 Å². The molecule has 0 spiro atoms. The summed E-state index contributed by atoms with van der Waals surface area (Å²) in [6.07, 6.45) is 0. The standard InChI is InChI=1S/C12H24N4O4/c1-6-16(12(2,3)9(17)18)11(20)14-8-7-13-10(19)15(4)5/h6-8H2,1-5H3,(H,13,19)(H,14,20)(H,17,18). The van der Waals surface area contributed by atoms with Crippen LogP contribution in [0.2, 0.25) is 0 Å². The molecule has 0 rings (SSSR count). The number of urea groups is 2. The van der Waals surface area contributed by atoms with Crippen LogP contribution < -0.4 is 10.6 Å². The molecule has 4 amide bonds. The van der Waals surface area contributed by atoms with Crippen molar-refractivity contribution in [3.05, 3.63) is 0 Å². The lowest BCUT2D eigenvalue weighted by Crippen LogP contribution is -2.56. The van der Waals surface area contributed by atoms with E-state index < -0.39 is 17.5 Å². The monoisotopic (exact) mass is 288 g/mol. The summed E-state index contributed by atoms with van der Waals surface area (Å²) in [6.45, 7) is 5.41. The van der Waals surface area contributed by atoms with Gasteiger partial charge in [-0.3, -0.25) is 0 Å². The van der Waals surface area contributed by atoms with Gasteiger partial charge in [-0.1, -0.05) is 0 Å². The van der Waals surface area contributed by atoms with Crippen LogP contribution in [0.1, 0.15) is 20.8 Å². The minimum Gasteiger partial charge on any atom is -0.480 e. The predicted molar refractivity (Wildman–Crippen MR) is 74.6 cm³/mol. The Morgan fingerprint density at radius 3 is 1.85 bits per heavy atom. The van der Waals surface area contributed by atoms with Crippen molar-refractivity contribution >= 4 is 18.0 Å². The zero-order valence-corrected chi connectivity index (χ0v) is 12.7. The molecule has 0 aromatic rings. The summed E-state index contributed by atoms with van der Waals surface area (Å²) in [6, 6.07) is -0.725. The minimum atomic E-state index is -1.29. The first-order chi connectivity index (χ1) is 9.14. The van der Waals surface area contributed by atoms with Crippen LogP contribution in [-0.2, 0) is 4.79 Å². The van der Waals surface area contributed by atoms with Gasteiger partial charge < -0.3 is 25.5 Å². The minimum absolute atomic E-state index is 0.227. The van der Waals surface area contributed by atoms with Crippen LogP contribution in [0.25, 0.3) is 0 Å². The van der Waals surface area contributed by atoms with Gasteiger partial charge in [-0.05, 0) is 20.8 Å². The number of rotatable bonds is 6. The van der Waals surface area contributed by atoms with E-state index in [1.165, 1.54) is 23.6 Å². The molecule has 0 aliphatic heterocycles. The number of carbonyl (C=O) groups is 3. The van der Waals surface area contributed by atoms with Gasteiger partial charge in [-0.25, -0.2) is 14.4 Å². The Kier molecular flexibility index (Phi) is 6.81. The first-order valence-corrected chi connectivity index (χ1v) is 6.38. The number of nitrogens with one attached hydrogen (secondary N) is 2. The molecule has 0 fully saturated rings. The average Bonchev–Trinajstić information content (AvgIpc) is 2.34. The van der Waals surface area contributed by atoms with E-state index in [1.54, 1.807) is 21.0 Å². The summed E-state index contributed by atoms with van der Waals surface area (Å²) in [5.74, 6) is -1.07. The first-order valence-electron chi connectivity index (χ1n) is 6.38. The lowest BCUT2D eigenvalue weighted by Gasteiger charge is -2.34. The zero-order valence-electron chi connectivity index (χ0n) is 12.7. The highest BCUT2D eigenvalue weighted by atomic mass is 16.4. The Morgan fingerprint density at radius 1 is 1.05 bits per heavy atom. The van der Waals surface area contributed by atoms with Gasteiger partial charge in [-0.2, -0.15) is 0 Å². The molecule has 0 aromatic heterocycles. The SMILES string of the molecule is CCN(C(=O)NCCNC(=O)N(C)C)C(C)(C)C(=O)O. The van der Waals surface area contributed by atoms with Gasteiger partial charge in [0.15, 0.2) is 0 Å². The molecule has 0 radical (unpaired) electrons. The van der Waals surface area contributed by atoms with Crippen LogP contribution in [0.15, 0.2) is 0 Å². The second kappa shape index (κ2) is 7.56. The smallest absolute Gasteiger partial charge is 0.329 e. The van der Waals surface area contributed by atoms with Crippen LogP contribution in [0, 0.1) is 0 Å². The van der Waals surface area contributed by atoms with E-state index in [0.29, 0.717) is 0 Å². The molecular weight excluding hydrogens is 264 g/mol. The third-order valence-electron chi connectivity index (χ3n) is 2.84. The van der Waals surface area contributed by atoms with Gasteiger partial charge in [0.1, 0.15) is 5.54 Å². The topological polar surface area (TPSA) is 102 Å². The highest BCUT2D eigenvalue weighted by molar-refractivity contribution is 5.85. The van der Waals surface area contributed by atoms with Crippen LogP contribution in [0.5, 0.6) is 0 Å². The third-order valence-corrected chi connectivity index (χ3v) is 2.84. The van der Waals surface area contributed by atoms with Crippen LogP contribution >= 0.6 is 0 Å². The van der Waals surface area contributed by atoms with Crippen LogP contribution in [-0.4, -0.2) is 72.2 Å². The van der Waals surface area contributed by atoms with Crippen LogP contribution in [0.3, 0.4) is 0 Å². The highest BCUT2D eigenvalue weighted by Crippen LogP contribution is 2.14. The van der Waals surface area contributed by atoms with Crippen molar-refractivity contribution in [1.82, 2.24) is 20.4 Å². The average molecular weight is 288 g/mol. The summed E-state index contributed by atoms with van der Waals surface area (Å²) in [5, 5.41) is 14.3. The van der Waals surface area contributed by atoms with Gasteiger partial charge in [0.05, 0.1) is 0 Å². The summed E-state index contributed by atoms with van der Waals surface area (Å²) in [4.78, 5) is 36.9. The number of hydrogen-bond donors (Lipinski definition) is 3. The maximum Gasteiger partial charge on any atom is 0.329 e. The van der Waals surface area contributed by atoms with Crippen molar-refractivity contribution in [1.29, 1.82) is 0 Å². The summed E-state index contributed by atoms with van der Waals surface area (Å²) in [5.41, 5.74) is -1.29. The van der Waals surface area contributed by atoms with Crippen LogP contribution in [0.4, 0.5) is 9.59 Å². The quantitative estimate of drug-likeness (QED) is 0.605. The largest absolute Gasteiger partial charge is 0.480 e. The summed E-state index contributed by atoms with van der Waals surface area (Å²) >= 11 is 0. The van der Waals surface area contributed by atoms with Gasteiger partial charge in [0, 0.05) is 33.7 Å². The molecule has 116 valence electrons. The van der Waals surface area contributed by atoms with E-state index in [1.807, 2.05) is 0 Å². The second-order valence-electron chi connectivity index (χ2n) is 4.97. The highest BCUT2D eigenvalue weighted by Gasteiger charge is 2.36. The lowest BCUT2D eigenvalue weighted by atomic mass is 10.0. The second-order valence-corrected chi connectivity index (χ2v) is 4.97. The molecule has 0 saturated carbocycles. The zero-order chi connectivity index (χ0) is 15.9. The van der Waals surface area contributed by atoms with E-state index in [2.05, 4.69) is 10.6 Å². The lowest BCUT2D eigenvalue weighted by molar-refractivity contribution is -0.147. The van der Waals surface area contributed by atoms with Crippen molar-refractivity contribution in [2.24, 2.45) is 0 Å². The number of nitrogens with zero attached hydrogens (tertiary/aromatic N) is 2. The molecule has 0 heterocycles. The fourth-order valence-electron chi connectivity index (χ4n) is 1.50. The molecule has 0 aliphatic carbocycles. The van der Waals surface area contributed by atoms with E-state index >= 15 is 0 Å². The van der Waals surface area contributed by atoms with Gasteiger partial charge >= 0.3 is 18.0 Å². The number of carboxylic acid groups (broad SMARTS) is 1. The van der Waals surface area contributed by atoms with Crippen molar-refractivity contribution in [3.8, 4) is 0 Å². The number of amides is 4. The number of aliphatic carboxylic acids is 1. The summed E-state index contributed by atoms with van der Waals surface area (Å²) in [7, 11) is 3.23. The van der Waals surface area contributed by atoms with Crippen molar-refractivity contribution in [2.45, 2.75) is 26.3 Å². The number of hydrogen-bond acceptors (Lipinski definition) is 3. The number of carbonyl (C=O) groups excluding carboxylic acids is 2. The van der Waals surface area contributed by atoms with Crippen molar-refractivity contribution < 1.29 is 19.5 Å². The molecule has 0 aromatic carbocycles. The Bertz CT molecular complexity index is 368. The molecule has 0 aliphatic rings.